The quantitative estimate of drug-likeness (QED) is 0.852. The van der Waals surface area contributed by atoms with Crippen molar-refractivity contribution >= 4 is 0 Å². The number of hydrogen-bond donors (Lipinski definition) is 1. The second kappa shape index (κ2) is 7.15. The molecule has 2 aromatic rings. The minimum absolute atomic E-state index is 0.434. The van der Waals surface area contributed by atoms with E-state index in [9.17, 15) is 8.78 Å². The first kappa shape index (κ1) is 5.17. The number of nitriles is 1. The van der Waals surface area contributed by atoms with Gasteiger partial charge in [0.2, 0.25) is 0 Å². The highest BCUT2D eigenvalue weighted by Gasteiger charge is 1.88. The molecule has 0 fully saturated rings. The fourth-order valence-corrected chi connectivity index (χ4v) is 0.723. The molecule has 2 aromatic carbocycles. The summed E-state index contributed by atoms with van der Waals surface area (Å²) in [6.07, 6.45) is 0. The summed E-state index contributed by atoms with van der Waals surface area (Å²) in [6.45, 7) is -2.53. The third-order valence-electron chi connectivity index (χ3n) is 1.45. The number of benzene rings is 2. The lowest BCUT2D eigenvalue weighted by Crippen LogP contribution is -1.94. The maximum atomic E-state index is 13.0. The standard InChI is InChI=1S/C7H8FN.C7H4FN/c2*8-7-3-1-6(5-9)2-4-7/h1-4H,5,9H2;1-4H/i1D,2D,3D,4D,5D2;1D,2D,3D,4D. The number of rotatable bonds is 1. The Balaban J connectivity index is 0.000000283. The zero-order valence-corrected chi connectivity index (χ0v) is 8.78. The highest BCUT2D eigenvalue weighted by Crippen LogP contribution is 2.00. The molecular weight excluding hydrogens is 234 g/mol. The number of nitrogens with zero attached hydrogens (tertiary/aromatic N) is 1. The summed E-state index contributed by atoms with van der Waals surface area (Å²) in [5.74, 6) is -2.54. The molecule has 92 valence electrons. The first-order valence-electron chi connectivity index (χ1n) is 9.39. The first-order chi connectivity index (χ1) is 12.7. The third kappa shape index (κ3) is 4.73. The predicted molar refractivity (Wildman–Crippen MR) is 65.4 cm³/mol. The van der Waals surface area contributed by atoms with Gasteiger partial charge < -0.3 is 5.73 Å². The molecule has 4 heteroatoms. The van der Waals surface area contributed by atoms with Crippen molar-refractivity contribution in [1.29, 1.82) is 5.26 Å². The van der Waals surface area contributed by atoms with Crippen molar-refractivity contribution in [3.8, 4) is 6.07 Å². The van der Waals surface area contributed by atoms with Crippen molar-refractivity contribution in [2.45, 2.75) is 6.50 Å². The summed E-state index contributed by atoms with van der Waals surface area (Å²) >= 11 is 0. The molecule has 0 aromatic heterocycles. The Hall–Kier alpha value is -2.25. The molecule has 0 saturated carbocycles. The van der Waals surface area contributed by atoms with E-state index in [4.69, 9.17) is 24.7 Å². The maximum Gasteiger partial charge on any atom is 0.123 e. The van der Waals surface area contributed by atoms with Crippen LogP contribution in [0.1, 0.15) is 24.8 Å². The van der Waals surface area contributed by atoms with Gasteiger partial charge in [-0.3, -0.25) is 0 Å². The Bertz CT molecular complexity index is 924. The number of nitrogens with two attached hydrogens (primary N) is 1. The van der Waals surface area contributed by atoms with E-state index < -0.39 is 77.6 Å². The smallest absolute Gasteiger partial charge is 0.123 e. The van der Waals surface area contributed by atoms with Crippen LogP contribution in [0.5, 0.6) is 0 Å². The van der Waals surface area contributed by atoms with E-state index >= 15 is 0 Å². The van der Waals surface area contributed by atoms with Crippen molar-refractivity contribution in [3.05, 3.63) is 71.1 Å². The normalized spacial score (nSPS) is 17.7. The number of halogens is 2. The average molecular weight is 256 g/mol. The van der Waals surface area contributed by atoms with Gasteiger partial charge >= 0.3 is 0 Å². The van der Waals surface area contributed by atoms with Crippen LogP contribution in [0, 0.1) is 23.0 Å². The molecule has 2 rings (SSSR count). The molecule has 0 unspecified atom stereocenters. The van der Waals surface area contributed by atoms with Crippen LogP contribution in [0.15, 0.2) is 48.3 Å². The molecule has 0 bridgehead atoms. The van der Waals surface area contributed by atoms with Crippen LogP contribution >= 0.6 is 0 Å². The van der Waals surface area contributed by atoms with Gasteiger partial charge in [-0.25, -0.2) is 8.78 Å². The van der Waals surface area contributed by atoms with Crippen molar-refractivity contribution in [2.24, 2.45) is 5.73 Å². The minimum Gasteiger partial charge on any atom is -0.326 e. The molecule has 2 nitrogen and oxygen atoms in total. The van der Waals surface area contributed by atoms with Crippen molar-refractivity contribution in [3.63, 3.8) is 0 Å². The van der Waals surface area contributed by atoms with Crippen molar-refractivity contribution in [1.82, 2.24) is 0 Å². The predicted octanol–water partition coefficient (Wildman–Crippen LogP) is 2.98. The molecule has 0 aliphatic carbocycles. The average Bonchev–Trinajstić information content (AvgIpc) is 2.61. The van der Waals surface area contributed by atoms with E-state index in [1.54, 1.807) is 0 Å². The van der Waals surface area contributed by atoms with Crippen LogP contribution in [0.25, 0.3) is 0 Å². The van der Waals surface area contributed by atoms with E-state index in [0.29, 0.717) is 0 Å². The summed E-state index contributed by atoms with van der Waals surface area (Å²) in [5.41, 5.74) is 3.98. The van der Waals surface area contributed by atoms with Gasteiger partial charge in [-0.15, -0.1) is 0 Å². The summed E-state index contributed by atoms with van der Waals surface area (Å²) in [7, 11) is 0. The van der Waals surface area contributed by atoms with Gasteiger partial charge in [-0.05, 0) is 41.8 Å². The fraction of sp³-hybridized carbons (Fsp3) is 0.0714. The fourth-order valence-electron chi connectivity index (χ4n) is 0.723. The first-order valence-corrected chi connectivity index (χ1v) is 4.39. The largest absolute Gasteiger partial charge is 0.326 e. The van der Waals surface area contributed by atoms with E-state index in [2.05, 4.69) is 0 Å². The van der Waals surface area contributed by atoms with Crippen LogP contribution in [0.2, 0.25) is 0 Å². The number of hydrogen-bond acceptors (Lipinski definition) is 2. The van der Waals surface area contributed by atoms with Gasteiger partial charge in [-0.1, -0.05) is 12.1 Å². The Morgan fingerprint density at radius 3 is 1.89 bits per heavy atom. The molecule has 0 spiro atoms. The van der Waals surface area contributed by atoms with Gasteiger partial charge in [0.1, 0.15) is 11.6 Å². The molecule has 0 radical (unpaired) electrons. The topological polar surface area (TPSA) is 49.8 Å². The van der Waals surface area contributed by atoms with Crippen LogP contribution in [-0.4, -0.2) is 0 Å². The minimum atomic E-state index is -2.53. The highest BCUT2D eigenvalue weighted by molar-refractivity contribution is 5.28. The zero-order valence-electron chi connectivity index (χ0n) is 18.8. The van der Waals surface area contributed by atoms with Crippen molar-refractivity contribution < 1.29 is 22.5 Å². The lowest BCUT2D eigenvalue weighted by atomic mass is 10.2. The molecule has 0 atom stereocenters. The van der Waals surface area contributed by atoms with Crippen LogP contribution in [0.4, 0.5) is 8.78 Å². The van der Waals surface area contributed by atoms with Gasteiger partial charge in [0.05, 0.1) is 22.6 Å². The lowest BCUT2D eigenvalue weighted by Gasteiger charge is -1.92. The molecule has 18 heavy (non-hydrogen) atoms. The Kier molecular flexibility index (Phi) is 2.05. The summed E-state index contributed by atoms with van der Waals surface area (Å²) in [6, 6.07) is -4.82. The van der Waals surface area contributed by atoms with Gasteiger partial charge in [0.25, 0.3) is 0 Å². The SMILES string of the molecule is [2H]c1c([2H])c(C#N)c([2H])c([2H])c1F.[2H]c1c([2H])c(C([2H])([2H])N)c([2H])c([2H])c1F. The highest BCUT2D eigenvalue weighted by atomic mass is 19.1. The van der Waals surface area contributed by atoms with E-state index in [1.165, 1.54) is 6.07 Å². The van der Waals surface area contributed by atoms with E-state index in [-0.39, 0.29) is 0 Å². The van der Waals surface area contributed by atoms with Crippen LogP contribution < -0.4 is 5.73 Å². The lowest BCUT2D eigenvalue weighted by molar-refractivity contribution is 0.627. The Labute approximate surface area is 118 Å². The monoisotopic (exact) mass is 256 g/mol. The van der Waals surface area contributed by atoms with Gasteiger partial charge in [0, 0.05) is 9.24 Å². The molecule has 0 heterocycles. The second-order valence-corrected chi connectivity index (χ2v) is 2.63. The van der Waals surface area contributed by atoms with E-state index in [1.807, 2.05) is 0 Å². The van der Waals surface area contributed by atoms with Crippen LogP contribution in [0.3, 0.4) is 0 Å². The van der Waals surface area contributed by atoms with Gasteiger partial charge in [-0.2, -0.15) is 5.26 Å². The molecule has 0 amide bonds. The maximum absolute atomic E-state index is 13.0. The third-order valence-corrected chi connectivity index (χ3v) is 1.45. The zero-order chi connectivity index (χ0) is 22.1. The molecule has 0 aliphatic heterocycles. The van der Waals surface area contributed by atoms with E-state index in [0.717, 1.165) is 0 Å². The summed E-state index contributed by atoms with van der Waals surface area (Å²) in [5, 5.41) is 8.46. The molecule has 0 saturated heterocycles. The van der Waals surface area contributed by atoms with Gasteiger partial charge in [0.15, 0.2) is 0 Å². The molecular formula is C14H12F2N2. The Morgan fingerprint density at radius 1 is 1.06 bits per heavy atom. The second-order valence-electron chi connectivity index (χ2n) is 2.63. The summed E-state index contributed by atoms with van der Waals surface area (Å²) in [4.78, 5) is 0. The van der Waals surface area contributed by atoms with Crippen LogP contribution in [-0.2, 0) is 6.50 Å². The Morgan fingerprint density at radius 2 is 1.50 bits per heavy atom. The van der Waals surface area contributed by atoms with Crippen molar-refractivity contribution in [2.75, 3.05) is 0 Å². The molecule has 2 N–H and O–H groups in total. The molecule has 0 aliphatic rings. The summed E-state index contributed by atoms with van der Waals surface area (Å²) < 4.78 is 97.2.